The third-order valence-corrected chi connectivity index (χ3v) is 4.80. The quantitative estimate of drug-likeness (QED) is 0.346. The summed E-state index contributed by atoms with van der Waals surface area (Å²) in [6, 6.07) is 15.8. The number of ether oxygens (including phenoxy) is 2. The zero-order valence-electron chi connectivity index (χ0n) is 20.0. The molecule has 2 aromatic rings. The van der Waals surface area contributed by atoms with E-state index < -0.39 is 33.7 Å². The molecule has 0 aromatic heterocycles. The summed E-state index contributed by atoms with van der Waals surface area (Å²) in [6.45, 7) is 12.9. The molecular formula is C25H34N2O5. The van der Waals surface area contributed by atoms with Crippen molar-refractivity contribution in [3.8, 4) is 0 Å². The van der Waals surface area contributed by atoms with Gasteiger partial charge < -0.3 is 9.47 Å². The fourth-order valence-electron chi connectivity index (χ4n) is 3.59. The highest BCUT2D eigenvalue weighted by Crippen LogP contribution is 2.38. The number of hydrogen-bond acceptors (Lipinski definition) is 6. The Hall–Kier alpha value is -2.77. The standard InChI is InChI=1S/C25H34N2O5/c1-18(31-23(2,3)4)25(22(28)32-24(5,6)7,26-17-19-13-9-8-10-14-19)20-15-11-12-16-21(20)27(29)30/h8-16,18,26H,17H2,1-7H3/t18-,25-/m1/s1. The van der Waals surface area contributed by atoms with E-state index in [0.717, 1.165) is 5.56 Å². The van der Waals surface area contributed by atoms with Crippen molar-refractivity contribution in [3.05, 3.63) is 75.8 Å². The smallest absolute Gasteiger partial charge is 0.334 e. The molecule has 0 aliphatic carbocycles. The number of nitrogens with zero attached hydrogens (tertiary/aromatic N) is 1. The number of nitrogens with one attached hydrogen (secondary N) is 1. The molecule has 0 radical (unpaired) electrons. The van der Waals surface area contributed by atoms with Gasteiger partial charge in [0.2, 0.25) is 0 Å². The number of para-hydroxylation sites is 1. The van der Waals surface area contributed by atoms with Gasteiger partial charge in [-0.3, -0.25) is 15.4 Å². The summed E-state index contributed by atoms with van der Waals surface area (Å²) in [5, 5.41) is 15.2. The molecule has 7 heteroatoms. The normalized spacial score (nSPS) is 15.0. The van der Waals surface area contributed by atoms with Crippen LogP contribution in [0.15, 0.2) is 54.6 Å². The van der Waals surface area contributed by atoms with Gasteiger partial charge in [-0.1, -0.05) is 42.5 Å². The lowest BCUT2D eigenvalue weighted by molar-refractivity contribution is -0.386. The van der Waals surface area contributed by atoms with E-state index in [2.05, 4.69) is 5.32 Å². The largest absolute Gasteiger partial charge is 0.458 e. The molecule has 0 saturated carbocycles. The van der Waals surface area contributed by atoms with Gasteiger partial charge in [0, 0.05) is 12.6 Å². The second-order valence-electron chi connectivity index (χ2n) is 9.80. The summed E-state index contributed by atoms with van der Waals surface area (Å²) >= 11 is 0. The Morgan fingerprint density at radius 2 is 1.53 bits per heavy atom. The van der Waals surface area contributed by atoms with Crippen molar-refractivity contribution >= 4 is 11.7 Å². The van der Waals surface area contributed by atoms with Gasteiger partial charge in [0.15, 0.2) is 5.54 Å². The molecule has 0 unspecified atom stereocenters. The fourth-order valence-corrected chi connectivity index (χ4v) is 3.59. The number of carbonyl (C=O) groups excluding carboxylic acids is 1. The van der Waals surface area contributed by atoms with Gasteiger partial charge in [0.25, 0.3) is 5.69 Å². The van der Waals surface area contributed by atoms with E-state index in [1.165, 1.54) is 6.07 Å². The first-order valence-corrected chi connectivity index (χ1v) is 10.7. The molecule has 0 heterocycles. The molecule has 0 aliphatic heterocycles. The third-order valence-electron chi connectivity index (χ3n) is 4.80. The van der Waals surface area contributed by atoms with E-state index in [4.69, 9.17) is 9.47 Å². The topological polar surface area (TPSA) is 90.7 Å². The fraction of sp³-hybridized carbons (Fsp3) is 0.480. The SMILES string of the molecule is C[C@@H](OC(C)(C)C)[C@](NCc1ccccc1)(C(=O)OC(C)(C)C)c1ccccc1[N+](=O)[O-]. The zero-order chi connectivity index (χ0) is 24.2. The van der Waals surface area contributed by atoms with Crippen LogP contribution >= 0.6 is 0 Å². The summed E-state index contributed by atoms with van der Waals surface area (Å²) < 4.78 is 12.0. The van der Waals surface area contributed by atoms with Crippen molar-refractivity contribution in [2.75, 3.05) is 0 Å². The van der Waals surface area contributed by atoms with Gasteiger partial charge in [-0.2, -0.15) is 0 Å². The molecule has 0 saturated heterocycles. The highest BCUT2D eigenvalue weighted by molar-refractivity contribution is 5.85. The summed E-state index contributed by atoms with van der Waals surface area (Å²) in [6.07, 6.45) is -0.790. The van der Waals surface area contributed by atoms with E-state index in [0.29, 0.717) is 0 Å². The molecular weight excluding hydrogens is 408 g/mol. The van der Waals surface area contributed by atoms with Crippen molar-refractivity contribution in [2.24, 2.45) is 0 Å². The number of hydrogen-bond donors (Lipinski definition) is 1. The average Bonchev–Trinajstić information content (AvgIpc) is 2.67. The van der Waals surface area contributed by atoms with E-state index in [1.54, 1.807) is 45.9 Å². The Kier molecular flexibility index (Phi) is 7.80. The maximum atomic E-state index is 13.8. The van der Waals surface area contributed by atoms with Crippen molar-refractivity contribution in [1.29, 1.82) is 0 Å². The highest BCUT2D eigenvalue weighted by Gasteiger charge is 2.52. The second kappa shape index (κ2) is 9.79. The van der Waals surface area contributed by atoms with E-state index in [-0.39, 0.29) is 17.8 Å². The predicted octanol–water partition coefficient (Wildman–Crippen LogP) is 5.13. The van der Waals surface area contributed by atoms with E-state index in [9.17, 15) is 14.9 Å². The lowest BCUT2D eigenvalue weighted by atomic mass is 9.82. The molecule has 2 rings (SSSR count). The number of rotatable bonds is 8. The Bertz CT molecular complexity index is 931. The Morgan fingerprint density at radius 1 is 0.969 bits per heavy atom. The average molecular weight is 443 g/mol. The second-order valence-corrected chi connectivity index (χ2v) is 9.80. The van der Waals surface area contributed by atoms with Crippen molar-refractivity contribution in [3.63, 3.8) is 0 Å². The van der Waals surface area contributed by atoms with Gasteiger partial charge in [-0.15, -0.1) is 0 Å². The number of esters is 1. The summed E-state index contributed by atoms with van der Waals surface area (Å²) in [4.78, 5) is 25.3. The molecule has 0 fully saturated rings. The molecule has 0 bridgehead atoms. The maximum Gasteiger partial charge on any atom is 0.334 e. The van der Waals surface area contributed by atoms with Crippen LogP contribution in [0, 0.1) is 10.1 Å². The van der Waals surface area contributed by atoms with Crippen LogP contribution < -0.4 is 5.32 Å². The van der Waals surface area contributed by atoms with Gasteiger partial charge in [0.1, 0.15) is 5.60 Å². The molecule has 32 heavy (non-hydrogen) atoms. The van der Waals surface area contributed by atoms with Crippen molar-refractivity contribution in [1.82, 2.24) is 5.32 Å². The monoisotopic (exact) mass is 442 g/mol. The maximum absolute atomic E-state index is 13.8. The molecule has 174 valence electrons. The first-order chi connectivity index (χ1) is 14.8. The minimum atomic E-state index is -1.62. The number of carbonyl (C=O) groups is 1. The predicted molar refractivity (Wildman–Crippen MR) is 124 cm³/mol. The molecule has 0 spiro atoms. The third kappa shape index (κ3) is 6.37. The van der Waals surface area contributed by atoms with Crippen LogP contribution in [-0.4, -0.2) is 28.2 Å². The molecule has 0 aliphatic rings. The van der Waals surface area contributed by atoms with Gasteiger partial charge >= 0.3 is 5.97 Å². The minimum Gasteiger partial charge on any atom is -0.458 e. The molecule has 2 aromatic carbocycles. The first kappa shape index (κ1) is 25.5. The van der Waals surface area contributed by atoms with Gasteiger partial charge in [0.05, 0.1) is 22.2 Å². The Morgan fingerprint density at radius 3 is 2.06 bits per heavy atom. The zero-order valence-corrected chi connectivity index (χ0v) is 20.0. The molecule has 2 atom stereocenters. The first-order valence-electron chi connectivity index (χ1n) is 10.7. The van der Waals surface area contributed by atoms with Crippen molar-refractivity contribution in [2.45, 2.75) is 77.9 Å². The van der Waals surface area contributed by atoms with Crippen LogP contribution in [0.1, 0.15) is 59.6 Å². The van der Waals surface area contributed by atoms with E-state index in [1.807, 2.05) is 51.1 Å². The van der Waals surface area contributed by atoms with Crippen molar-refractivity contribution < 1.29 is 19.2 Å². The number of nitro benzene ring substituents is 1. The van der Waals surface area contributed by atoms with Crippen LogP contribution in [0.4, 0.5) is 5.69 Å². The molecule has 1 N–H and O–H groups in total. The van der Waals surface area contributed by atoms with Gasteiger partial charge in [-0.25, -0.2) is 4.79 Å². The van der Waals surface area contributed by atoms with Gasteiger partial charge in [-0.05, 0) is 60.1 Å². The van der Waals surface area contributed by atoms with E-state index >= 15 is 0 Å². The minimum absolute atomic E-state index is 0.178. The lowest BCUT2D eigenvalue weighted by Gasteiger charge is -2.41. The van der Waals surface area contributed by atoms with Crippen LogP contribution in [-0.2, 0) is 26.4 Å². The van der Waals surface area contributed by atoms with Crippen LogP contribution in [0.3, 0.4) is 0 Å². The summed E-state index contributed by atoms with van der Waals surface area (Å²) in [5.41, 5.74) is -2.09. The number of benzene rings is 2. The van der Waals surface area contributed by atoms with Crippen LogP contribution in [0.2, 0.25) is 0 Å². The Labute approximate surface area is 190 Å². The lowest BCUT2D eigenvalue weighted by Crippen LogP contribution is -2.60. The molecule has 0 amide bonds. The van der Waals surface area contributed by atoms with Crippen LogP contribution in [0.25, 0.3) is 0 Å². The van der Waals surface area contributed by atoms with Crippen LogP contribution in [0.5, 0.6) is 0 Å². The Balaban J connectivity index is 2.73. The number of nitro groups is 1. The molecule has 7 nitrogen and oxygen atoms in total. The summed E-state index contributed by atoms with van der Waals surface area (Å²) in [5.74, 6) is -0.632. The highest BCUT2D eigenvalue weighted by atomic mass is 16.6. The summed E-state index contributed by atoms with van der Waals surface area (Å²) in [7, 11) is 0.